The molecule has 152 valence electrons. The molecule has 1 fully saturated rings. The molecule has 0 saturated carbocycles. The van der Waals surface area contributed by atoms with Crippen molar-refractivity contribution in [3.05, 3.63) is 47.0 Å². The van der Waals surface area contributed by atoms with Crippen LogP contribution in [0.15, 0.2) is 35.7 Å². The summed E-state index contributed by atoms with van der Waals surface area (Å²) < 4.78 is 37.3. The van der Waals surface area contributed by atoms with Crippen LogP contribution in [0.4, 0.5) is 18.3 Å². The van der Waals surface area contributed by atoms with E-state index >= 15 is 0 Å². The first-order valence-corrected chi connectivity index (χ1v) is 10.3. The highest BCUT2D eigenvalue weighted by molar-refractivity contribution is 7.13. The zero-order valence-corrected chi connectivity index (χ0v) is 16.6. The van der Waals surface area contributed by atoms with E-state index in [0.717, 1.165) is 22.9 Å². The van der Waals surface area contributed by atoms with Gasteiger partial charge in [0.25, 0.3) is 0 Å². The summed E-state index contributed by atoms with van der Waals surface area (Å²) in [4.78, 5) is 18.5. The topological polar surface area (TPSA) is 45.2 Å². The Morgan fingerprint density at radius 3 is 2.54 bits per heavy atom. The molecule has 1 N–H and O–H groups in total. The van der Waals surface area contributed by atoms with Gasteiger partial charge in [-0.15, -0.1) is 11.3 Å². The summed E-state index contributed by atoms with van der Waals surface area (Å²) >= 11 is 1.55. The van der Waals surface area contributed by atoms with Gasteiger partial charge < -0.3 is 10.2 Å². The largest absolute Gasteiger partial charge is 0.389 e. The molecule has 0 spiro atoms. The molecule has 4 nitrogen and oxygen atoms in total. The molecule has 1 aliphatic heterocycles. The zero-order valence-electron chi connectivity index (χ0n) is 15.8. The number of hydrogen-bond acceptors (Lipinski definition) is 4. The monoisotopic (exact) mass is 411 g/mol. The Hall–Kier alpha value is -2.09. The molecule has 1 aromatic carbocycles. The molecule has 1 aliphatic rings. The van der Waals surface area contributed by atoms with Gasteiger partial charge in [0.2, 0.25) is 5.91 Å². The standard InChI is InChI=1S/C20H24F3N3OS/c1-2-24-18-25-16(14-28-18)19(15-6-4-3-5-7-15)10-12-26(13-11-19)17(27)8-9-20(21,22)23/h3-7,14H,2,8-13H2,1H3,(H,24,25). The van der Waals surface area contributed by atoms with Gasteiger partial charge >= 0.3 is 6.18 Å². The predicted octanol–water partition coefficient (Wildman–Crippen LogP) is 4.83. The van der Waals surface area contributed by atoms with Gasteiger partial charge in [0.1, 0.15) is 0 Å². The first-order valence-electron chi connectivity index (χ1n) is 9.44. The third kappa shape index (κ3) is 4.66. The molecule has 1 amide bonds. The van der Waals surface area contributed by atoms with Crippen LogP contribution in [0.2, 0.25) is 0 Å². The molecule has 0 atom stereocenters. The van der Waals surface area contributed by atoms with Crippen LogP contribution in [0.1, 0.15) is 43.9 Å². The van der Waals surface area contributed by atoms with Gasteiger partial charge in [-0.1, -0.05) is 30.3 Å². The van der Waals surface area contributed by atoms with Gasteiger partial charge in [-0.05, 0) is 25.3 Å². The molecule has 0 unspecified atom stereocenters. The van der Waals surface area contributed by atoms with Gasteiger partial charge in [-0.3, -0.25) is 4.79 Å². The number of nitrogens with one attached hydrogen (secondary N) is 1. The van der Waals surface area contributed by atoms with E-state index in [9.17, 15) is 18.0 Å². The van der Waals surface area contributed by atoms with E-state index in [1.54, 1.807) is 16.2 Å². The Labute approximate surface area is 166 Å². The van der Waals surface area contributed by atoms with Crippen molar-refractivity contribution in [3.63, 3.8) is 0 Å². The Kier molecular flexibility index (Phi) is 6.27. The molecule has 0 radical (unpaired) electrons. The summed E-state index contributed by atoms with van der Waals surface area (Å²) in [5.74, 6) is -0.425. The minimum atomic E-state index is -4.30. The van der Waals surface area contributed by atoms with Crippen LogP contribution in [0.3, 0.4) is 0 Å². The molecule has 0 aliphatic carbocycles. The van der Waals surface area contributed by atoms with E-state index in [2.05, 4.69) is 17.4 Å². The van der Waals surface area contributed by atoms with E-state index in [0.29, 0.717) is 25.9 Å². The number of alkyl halides is 3. The highest BCUT2D eigenvalue weighted by Crippen LogP contribution is 2.42. The van der Waals surface area contributed by atoms with Crippen molar-refractivity contribution in [2.45, 2.75) is 44.2 Å². The maximum atomic E-state index is 12.4. The van der Waals surface area contributed by atoms with Crippen molar-refractivity contribution in [1.29, 1.82) is 0 Å². The molecule has 1 aromatic heterocycles. The summed E-state index contributed by atoms with van der Waals surface area (Å²) in [6.45, 7) is 3.66. The first-order chi connectivity index (χ1) is 13.3. The zero-order chi connectivity index (χ0) is 20.2. The second-order valence-electron chi connectivity index (χ2n) is 7.01. The van der Waals surface area contributed by atoms with Crippen LogP contribution in [-0.2, 0) is 10.2 Å². The number of nitrogens with zero attached hydrogens (tertiary/aromatic N) is 2. The average Bonchev–Trinajstić information content (AvgIpc) is 3.16. The maximum Gasteiger partial charge on any atom is 0.389 e. The Morgan fingerprint density at radius 2 is 1.93 bits per heavy atom. The fourth-order valence-corrected chi connectivity index (χ4v) is 4.60. The smallest absolute Gasteiger partial charge is 0.362 e. The normalized spacial score (nSPS) is 16.8. The second kappa shape index (κ2) is 8.51. The highest BCUT2D eigenvalue weighted by Gasteiger charge is 2.41. The minimum Gasteiger partial charge on any atom is -0.362 e. The number of hydrogen-bond donors (Lipinski definition) is 1. The number of anilines is 1. The number of aromatic nitrogens is 1. The van der Waals surface area contributed by atoms with Crippen LogP contribution in [0, 0.1) is 0 Å². The van der Waals surface area contributed by atoms with Crippen LogP contribution < -0.4 is 5.32 Å². The fourth-order valence-electron chi connectivity index (χ4n) is 3.72. The predicted molar refractivity (Wildman–Crippen MR) is 105 cm³/mol. The summed E-state index contributed by atoms with van der Waals surface area (Å²) in [6.07, 6.45) is -4.57. The maximum absolute atomic E-state index is 12.4. The molecule has 3 rings (SSSR count). The van der Waals surface area contributed by atoms with Gasteiger partial charge in [0.05, 0.1) is 12.1 Å². The van der Waals surface area contributed by atoms with Gasteiger partial charge in [-0.2, -0.15) is 13.2 Å². The summed E-state index contributed by atoms with van der Waals surface area (Å²) in [6, 6.07) is 10.0. The van der Waals surface area contributed by atoms with Crippen molar-refractivity contribution < 1.29 is 18.0 Å². The Balaban J connectivity index is 1.78. The summed E-state index contributed by atoms with van der Waals surface area (Å²) in [7, 11) is 0. The van der Waals surface area contributed by atoms with Gasteiger partial charge in [0, 0.05) is 36.9 Å². The van der Waals surface area contributed by atoms with E-state index in [4.69, 9.17) is 4.98 Å². The SMILES string of the molecule is CCNc1nc(C2(c3ccccc3)CCN(C(=O)CCC(F)(F)F)CC2)cs1. The lowest BCUT2D eigenvalue weighted by molar-refractivity contribution is -0.149. The lowest BCUT2D eigenvalue weighted by Crippen LogP contribution is -2.46. The first kappa shape index (κ1) is 20.6. The number of likely N-dealkylation sites (tertiary alicyclic amines) is 1. The number of halogens is 3. The third-order valence-electron chi connectivity index (χ3n) is 5.24. The average molecular weight is 411 g/mol. The lowest BCUT2D eigenvalue weighted by atomic mass is 9.70. The Bertz CT molecular complexity index is 783. The number of carbonyl (C=O) groups excluding carboxylic acids is 1. The van der Waals surface area contributed by atoms with E-state index in [-0.39, 0.29) is 5.41 Å². The number of benzene rings is 1. The molecule has 1 saturated heterocycles. The highest BCUT2D eigenvalue weighted by atomic mass is 32.1. The van der Waals surface area contributed by atoms with Crippen molar-refractivity contribution in [2.75, 3.05) is 25.0 Å². The van der Waals surface area contributed by atoms with Gasteiger partial charge in [0.15, 0.2) is 5.13 Å². The molecule has 2 aromatic rings. The second-order valence-corrected chi connectivity index (χ2v) is 7.87. The van der Waals surface area contributed by atoms with Crippen molar-refractivity contribution in [1.82, 2.24) is 9.88 Å². The number of piperidine rings is 1. The van der Waals surface area contributed by atoms with Crippen molar-refractivity contribution >= 4 is 22.4 Å². The molecule has 0 bridgehead atoms. The molecular formula is C20H24F3N3OS. The molecule has 8 heteroatoms. The molecular weight excluding hydrogens is 387 g/mol. The van der Waals surface area contributed by atoms with Crippen LogP contribution >= 0.6 is 11.3 Å². The van der Waals surface area contributed by atoms with E-state index in [1.165, 1.54) is 0 Å². The minimum absolute atomic E-state index is 0.327. The lowest BCUT2D eigenvalue weighted by Gasteiger charge is -2.41. The summed E-state index contributed by atoms with van der Waals surface area (Å²) in [5.41, 5.74) is 1.76. The summed E-state index contributed by atoms with van der Waals surface area (Å²) in [5, 5.41) is 6.14. The Morgan fingerprint density at radius 1 is 1.25 bits per heavy atom. The van der Waals surface area contributed by atoms with E-state index in [1.807, 2.05) is 30.5 Å². The third-order valence-corrected chi connectivity index (χ3v) is 6.04. The fraction of sp³-hybridized carbons (Fsp3) is 0.500. The van der Waals surface area contributed by atoms with Crippen LogP contribution in [0.5, 0.6) is 0 Å². The number of rotatable bonds is 6. The van der Waals surface area contributed by atoms with Crippen LogP contribution in [0.25, 0.3) is 0 Å². The molecule has 28 heavy (non-hydrogen) atoms. The van der Waals surface area contributed by atoms with Crippen molar-refractivity contribution in [2.24, 2.45) is 0 Å². The molecule has 2 heterocycles. The number of amides is 1. The quantitative estimate of drug-likeness (QED) is 0.741. The number of thiazole rings is 1. The van der Waals surface area contributed by atoms with Crippen LogP contribution in [-0.4, -0.2) is 41.6 Å². The van der Waals surface area contributed by atoms with Crippen molar-refractivity contribution in [3.8, 4) is 0 Å². The van der Waals surface area contributed by atoms with E-state index < -0.39 is 24.9 Å². The van der Waals surface area contributed by atoms with Gasteiger partial charge in [-0.25, -0.2) is 4.98 Å². The number of carbonyl (C=O) groups is 1.